The number of hydrogen-bond acceptors (Lipinski definition) is 3. The van der Waals surface area contributed by atoms with E-state index in [-0.39, 0.29) is 11.4 Å². The van der Waals surface area contributed by atoms with Gasteiger partial charge in [-0.25, -0.2) is 0 Å². The molecule has 0 bridgehead atoms. The number of rotatable bonds is 3. The predicted molar refractivity (Wildman–Crippen MR) is 51.6 cm³/mol. The molecule has 0 aliphatic rings. The lowest BCUT2D eigenvalue weighted by molar-refractivity contribution is 0.108. The molecule has 0 amide bonds. The highest BCUT2D eigenvalue weighted by Gasteiger charge is 2.10. The molecular weight excluding hydrogens is 190 g/mol. The van der Waals surface area contributed by atoms with E-state index in [0.717, 1.165) is 0 Å². The zero-order valence-corrected chi connectivity index (χ0v) is 7.95. The molecule has 0 radical (unpaired) electrons. The molecule has 0 unspecified atom stereocenters. The standard InChI is InChI=1S/C8H10ClN3O/c1-2-3-4-12-5-6(7(9)13)8(10)11-12/h2-3,5H,4H2,1H3,(H2,10,11)/b3-2+. The van der Waals surface area contributed by atoms with Crippen molar-refractivity contribution in [2.24, 2.45) is 0 Å². The number of aromatic nitrogens is 2. The molecule has 70 valence electrons. The van der Waals surface area contributed by atoms with Gasteiger partial charge in [0.15, 0.2) is 5.82 Å². The molecule has 1 rings (SSSR count). The van der Waals surface area contributed by atoms with Gasteiger partial charge in [0.1, 0.15) is 0 Å². The molecule has 0 atom stereocenters. The Kier molecular flexibility index (Phi) is 3.08. The van der Waals surface area contributed by atoms with E-state index in [0.29, 0.717) is 6.54 Å². The van der Waals surface area contributed by atoms with Crippen LogP contribution in [0, 0.1) is 0 Å². The predicted octanol–water partition coefficient (Wildman–Crippen LogP) is 1.42. The SMILES string of the molecule is C/C=C/Cn1cc(C(=O)Cl)c(N)n1. The summed E-state index contributed by atoms with van der Waals surface area (Å²) in [4.78, 5) is 10.8. The molecule has 13 heavy (non-hydrogen) atoms. The minimum atomic E-state index is -0.579. The molecule has 1 aromatic heterocycles. The van der Waals surface area contributed by atoms with Crippen LogP contribution >= 0.6 is 11.6 Å². The Morgan fingerprint density at radius 3 is 3.00 bits per heavy atom. The molecule has 0 aliphatic heterocycles. The van der Waals surface area contributed by atoms with E-state index >= 15 is 0 Å². The first-order valence-electron chi connectivity index (χ1n) is 3.79. The van der Waals surface area contributed by atoms with E-state index in [1.54, 1.807) is 4.68 Å². The number of hydrogen-bond donors (Lipinski definition) is 1. The minimum absolute atomic E-state index is 0.171. The van der Waals surface area contributed by atoms with Crippen molar-refractivity contribution in [2.75, 3.05) is 5.73 Å². The second kappa shape index (κ2) is 4.09. The van der Waals surface area contributed by atoms with Gasteiger partial charge in [-0.1, -0.05) is 12.2 Å². The maximum absolute atomic E-state index is 10.8. The lowest BCUT2D eigenvalue weighted by Crippen LogP contribution is -1.96. The van der Waals surface area contributed by atoms with Gasteiger partial charge in [0, 0.05) is 6.20 Å². The quantitative estimate of drug-likeness (QED) is 0.592. The van der Waals surface area contributed by atoms with Gasteiger partial charge in [0.05, 0.1) is 12.1 Å². The molecule has 5 heteroatoms. The van der Waals surface area contributed by atoms with Crippen LogP contribution in [-0.2, 0) is 6.54 Å². The molecule has 1 aromatic rings. The van der Waals surface area contributed by atoms with Crippen molar-refractivity contribution in [3.8, 4) is 0 Å². The van der Waals surface area contributed by atoms with Crippen LogP contribution in [0.1, 0.15) is 17.3 Å². The topological polar surface area (TPSA) is 60.9 Å². The first-order chi connectivity index (χ1) is 6.15. The van der Waals surface area contributed by atoms with E-state index in [2.05, 4.69) is 5.10 Å². The second-order valence-electron chi connectivity index (χ2n) is 2.49. The number of carbonyl (C=O) groups is 1. The number of nitrogen functional groups attached to an aromatic ring is 1. The fourth-order valence-electron chi connectivity index (χ4n) is 0.895. The first-order valence-corrected chi connectivity index (χ1v) is 4.17. The number of carbonyl (C=O) groups excluding carboxylic acids is 1. The molecular formula is C8H10ClN3O. The van der Waals surface area contributed by atoms with Gasteiger partial charge in [-0.2, -0.15) is 5.10 Å². The molecule has 0 aromatic carbocycles. The van der Waals surface area contributed by atoms with Gasteiger partial charge in [-0.3, -0.25) is 9.48 Å². The van der Waals surface area contributed by atoms with Crippen LogP contribution in [0.5, 0.6) is 0 Å². The first kappa shape index (κ1) is 9.80. The average Bonchev–Trinajstić information content (AvgIpc) is 2.43. The smallest absolute Gasteiger partial charge is 0.257 e. The van der Waals surface area contributed by atoms with Crippen LogP contribution in [0.15, 0.2) is 18.3 Å². The van der Waals surface area contributed by atoms with Crippen molar-refractivity contribution in [3.63, 3.8) is 0 Å². The highest BCUT2D eigenvalue weighted by molar-refractivity contribution is 6.68. The van der Waals surface area contributed by atoms with E-state index in [1.807, 2.05) is 19.1 Å². The van der Waals surface area contributed by atoms with Crippen molar-refractivity contribution in [1.82, 2.24) is 9.78 Å². The van der Waals surface area contributed by atoms with E-state index < -0.39 is 5.24 Å². The van der Waals surface area contributed by atoms with Gasteiger partial charge >= 0.3 is 0 Å². The minimum Gasteiger partial charge on any atom is -0.382 e. The summed E-state index contributed by atoms with van der Waals surface area (Å²) in [5.41, 5.74) is 5.71. The lowest BCUT2D eigenvalue weighted by atomic mass is 10.4. The van der Waals surface area contributed by atoms with Crippen LogP contribution in [0.3, 0.4) is 0 Å². The Balaban J connectivity index is 2.88. The normalized spacial score (nSPS) is 10.9. The van der Waals surface area contributed by atoms with Crippen LogP contribution in [0.2, 0.25) is 0 Å². The van der Waals surface area contributed by atoms with Gasteiger partial charge in [-0.15, -0.1) is 0 Å². The van der Waals surface area contributed by atoms with E-state index in [9.17, 15) is 4.79 Å². The third-order valence-electron chi connectivity index (χ3n) is 1.53. The molecule has 0 saturated heterocycles. The van der Waals surface area contributed by atoms with Gasteiger partial charge in [0.2, 0.25) is 0 Å². The summed E-state index contributed by atoms with van der Waals surface area (Å²) < 4.78 is 1.56. The summed E-state index contributed by atoms with van der Waals surface area (Å²) in [7, 11) is 0. The monoisotopic (exact) mass is 199 g/mol. The Morgan fingerprint density at radius 1 is 1.85 bits per heavy atom. The summed E-state index contributed by atoms with van der Waals surface area (Å²) in [6.07, 6.45) is 5.32. The molecule has 0 fully saturated rings. The molecule has 2 N–H and O–H groups in total. The number of nitrogens with zero attached hydrogens (tertiary/aromatic N) is 2. The fraction of sp³-hybridized carbons (Fsp3) is 0.250. The molecule has 4 nitrogen and oxygen atoms in total. The second-order valence-corrected chi connectivity index (χ2v) is 2.84. The Labute approximate surface area is 81.0 Å². The van der Waals surface area contributed by atoms with Crippen LogP contribution in [0.4, 0.5) is 5.82 Å². The lowest BCUT2D eigenvalue weighted by Gasteiger charge is -1.91. The van der Waals surface area contributed by atoms with Crippen molar-refractivity contribution < 1.29 is 4.79 Å². The highest BCUT2D eigenvalue weighted by Crippen LogP contribution is 2.11. The van der Waals surface area contributed by atoms with Gasteiger partial charge in [-0.05, 0) is 18.5 Å². The van der Waals surface area contributed by atoms with Gasteiger partial charge in [0.25, 0.3) is 5.24 Å². The van der Waals surface area contributed by atoms with Crippen molar-refractivity contribution in [2.45, 2.75) is 13.5 Å². The van der Waals surface area contributed by atoms with E-state index in [4.69, 9.17) is 17.3 Å². The van der Waals surface area contributed by atoms with Crippen LogP contribution in [-0.4, -0.2) is 15.0 Å². The summed E-state index contributed by atoms with van der Waals surface area (Å²) in [5, 5.41) is 3.33. The summed E-state index contributed by atoms with van der Waals surface area (Å²) in [6, 6.07) is 0. The number of anilines is 1. The summed E-state index contributed by atoms with van der Waals surface area (Å²) in [5.74, 6) is 0.171. The third-order valence-corrected chi connectivity index (χ3v) is 1.73. The molecule has 0 saturated carbocycles. The number of allylic oxidation sites excluding steroid dienone is 2. The maximum atomic E-state index is 10.8. The summed E-state index contributed by atoms with van der Waals surface area (Å²) >= 11 is 5.27. The largest absolute Gasteiger partial charge is 0.382 e. The summed E-state index contributed by atoms with van der Waals surface area (Å²) in [6.45, 7) is 2.49. The molecule has 0 spiro atoms. The van der Waals surface area contributed by atoms with Crippen molar-refractivity contribution in [3.05, 3.63) is 23.9 Å². The number of halogens is 1. The van der Waals surface area contributed by atoms with E-state index in [1.165, 1.54) is 6.20 Å². The number of nitrogens with two attached hydrogens (primary N) is 1. The Bertz CT molecular complexity index is 343. The van der Waals surface area contributed by atoms with Gasteiger partial charge < -0.3 is 5.73 Å². The highest BCUT2D eigenvalue weighted by atomic mass is 35.5. The average molecular weight is 200 g/mol. The zero-order chi connectivity index (χ0) is 9.84. The van der Waals surface area contributed by atoms with Crippen LogP contribution < -0.4 is 5.73 Å². The van der Waals surface area contributed by atoms with Crippen LogP contribution in [0.25, 0.3) is 0 Å². The maximum Gasteiger partial charge on any atom is 0.257 e. The Hall–Kier alpha value is -1.29. The third kappa shape index (κ3) is 2.32. The zero-order valence-electron chi connectivity index (χ0n) is 7.20. The van der Waals surface area contributed by atoms with Crippen molar-refractivity contribution >= 4 is 22.7 Å². The molecule has 1 heterocycles. The fourth-order valence-corrected chi connectivity index (χ4v) is 1.04. The van der Waals surface area contributed by atoms with Crippen molar-refractivity contribution in [1.29, 1.82) is 0 Å². The Morgan fingerprint density at radius 2 is 2.54 bits per heavy atom. The molecule has 0 aliphatic carbocycles.